The minimum Gasteiger partial charge on any atom is -0.441 e. The summed E-state index contributed by atoms with van der Waals surface area (Å²) in [6.45, 7) is 6.04. The number of nitrogens with zero attached hydrogens (tertiary/aromatic N) is 1. The van der Waals surface area contributed by atoms with Crippen LogP contribution in [0.5, 0.6) is 0 Å². The first-order valence-electron chi connectivity index (χ1n) is 7.61. The van der Waals surface area contributed by atoms with Crippen LogP contribution in [0.25, 0.3) is 11.1 Å². The van der Waals surface area contributed by atoms with Gasteiger partial charge in [-0.2, -0.15) is 0 Å². The van der Waals surface area contributed by atoms with Crippen LogP contribution < -0.4 is 10.6 Å². The van der Waals surface area contributed by atoms with Gasteiger partial charge in [0, 0.05) is 24.8 Å². The lowest BCUT2D eigenvalue weighted by molar-refractivity contribution is 0.227. The zero-order chi connectivity index (χ0) is 16.1. The highest BCUT2D eigenvalue weighted by Crippen LogP contribution is 2.20. The van der Waals surface area contributed by atoms with Crippen molar-refractivity contribution < 1.29 is 14.3 Å². The highest BCUT2D eigenvalue weighted by Gasteiger charge is 2.16. The number of carbonyl (C=O) groups excluding carboxylic acids is 1. The van der Waals surface area contributed by atoms with Crippen molar-refractivity contribution in [1.29, 1.82) is 0 Å². The van der Waals surface area contributed by atoms with Crippen LogP contribution in [0.4, 0.5) is 10.5 Å². The number of aromatic nitrogens is 1. The van der Waals surface area contributed by atoms with E-state index in [-0.39, 0.29) is 24.6 Å². The standard InChI is InChI=1S/C16H23N3O3/c1-4-15-18-13-9-11(5-6-14(13)22-15)17-16(21)19-12(7-8-20)10(2)3/h5-6,9-10,12,20H,4,7-8H2,1-3H3,(H2,17,19,21)/t12-/m1/s1. The van der Waals surface area contributed by atoms with Crippen LogP contribution >= 0.6 is 0 Å². The smallest absolute Gasteiger partial charge is 0.319 e. The fourth-order valence-corrected chi connectivity index (χ4v) is 2.25. The predicted octanol–water partition coefficient (Wildman–Crippen LogP) is 2.92. The normalized spacial score (nSPS) is 12.6. The van der Waals surface area contributed by atoms with E-state index < -0.39 is 0 Å². The SMILES string of the molecule is CCc1nc2cc(NC(=O)N[C@H](CCO)C(C)C)ccc2o1. The first kappa shape index (κ1) is 16.3. The van der Waals surface area contributed by atoms with Gasteiger partial charge in [0.2, 0.25) is 0 Å². The number of benzene rings is 1. The van der Waals surface area contributed by atoms with Gasteiger partial charge in [-0.3, -0.25) is 0 Å². The van der Waals surface area contributed by atoms with E-state index in [9.17, 15) is 4.79 Å². The third-order valence-corrected chi connectivity index (χ3v) is 3.55. The van der Waals surface area contributed by atoms with E-state index in [2.05, 4.69) is 15.6 Å². The summed E-state index contributed by atoms with van der Waals surface area (Å²) in [5, 5.41) is 14.7. The molecule has 0 saturated heterocycles. The maximum Gasteiger partial charge on any atom is 0.319 e. The Morgan fingerprint density at radius 3 is 2.82 bits per heavy atom. The van der Waals surface area contributed by atoms with E-state index >= 15 is 0 Å². The number of anilines is 1. The van der Waals surface area contributed by atoms with Gasteiger partial charge in [-0.25, -0.2) is 9.78 Å². The first-order valence-corrected chi connectivity index (χ1v) is 7.61. The van der Waals surface area contributed by atoms with Gasteiger partial charge in [-0.1, -0.05) is 20.8 Å². The van der Waals surface area contributed by atoms with Gasteiger partial charge in [0.05, 0.1) is 0 Å². The Kier molecular flexibility index (Phi) is 5.38. The summed E-state index contributed by atoms with van der Waals surface area (Å²) >= 11 is 0. The van der Waals surface area contributed by atoms with Crippen molar-refractivity contribution in [2.45, 2.75) is 39.7 Å². The number of aliphatic hydroxyl groups is 1. The number of carbonyl (C=O) groups is 1. The van der Waals surface area contributed by atoms with Crippen molar-refractivity contribution >= 4 is 22.8 Å². The third kappa shape index (κ3) is 3.98. The number of fused-ring (bicyclic) bond motifs is 1. The second-order valence-corrected chi connectivity index (χ2v) is 5.60. The third-order valence-electron chi connectivity index (χ3n) is 3.55. The van der Waals surface area contributed by atoms with Gasteiger partial charge in [0.15, 0.2) is 11.5 Å². The van der Waals surface area contributed by atoms with Gasteiger partial charge in [0.25, 0.3) is 0 Å². The number of rotatable bonds is 6. The largest absolute Gasteiger partial charge is 0.441 e. The summed E-state index contributed by atoms with van der Waals surface area (Å²) in [6, 6.07) is 5.01. The van der Waals surface area contributed by atoms with E-state index in [1.807, 2.05) is 20.8 Å². The van der Waals surface area contributed by atoms with E-state index in [4.69, 9.17) is 9.52 Å². The topological polar surface area (TPSA) is 87.4 Å². The molecule has 6 heteroatoms. The molecule has 2 amide bonds. The Bertz CT molecular complexity index is 637. The monoisotopic (exact) mass is 305 g/mol. The Hall–Kier alpha value is -2.08. The Balaban J connectivity index is 2.04. The number of urea groups is 1. The predicted molar refractivity (Wildman–Crippen MR) is 85.9 cm³/mol. The average Bonchev–Trinajstić information content (AvgIpc) is 2.89. The Morgan fingerprint density at radius 2 is 2.18 bits per heavy atom. The van der Waals surface area contributed by atoms with Gasteiger partial charge >= 0.3 is 6.03 Å². The first-order chi connectivity index (χ1) is 10.5. The molecule has 22 heavy (non-hydrogen) atoms. The quantitative estimate of drug-likeness (QED) is 0.765. The van der Waals surface area contributed by atoms with Crippen LogP contribution in [0.1, 0.15) is 33.1 Å². The molecule has 0 aliphatic carbocycles. The summed E-state index contributed by atoms with van der Waals surface area (Å²) in [6.07, 6.45) is 1.27. The molecule has 0 saturated carbocycles. The molecule has 0 radical (unpaired) electrons. The maximum atomic E-state index is 12.1. The van der Waals surface area contributed by atoms with E-state index in [0.717, 1.165) is 11.9 Å². The lowest BCUT2D eigenvalue weighted by Gasteiger charge is -2.21. The fraction of sp³-hybridized carbons (Fsp3) is 0.500. The molecule has 0 unspecified atom stereocenters. The number of oxazole rings is 1. The number of hydrogen-bond acceptors (Lipinski definition) is 4. The van der Waals surface area contributed by atoms with E-state index in [0.29, 0.717) is 23.6 Å². The molecule has 0 spiro atoms. The van der Waals surface area contributed by atoms with Crippen molar-refractivity contribution in [3.05, 3.63) is 24.1 Å². The molecule has 1 aromatic heterocycles. The number of hydrogen-bond donors (Lipinski definition) is 3. The second-order valence-electron chi connectivity index (χ2n) is 5.60. The van der Waals surface area contributed by atoms with Crippen molar-refractivity contribution in [3.63, 3.8) is 0 Å². The van der Waals surface area contributed by atoms with E-state index in [1.165, 1.54) is 0 Å². The maximum absolute atomic E-state index is 12.1. The molecule has 6 nitrogen and oxygen atoms in total. The zero-order valence-corrected chi connectivity index (χ0v) is 13.2. The van der Waals surface area contributed by atoms with Crippen LogP contribution in [-0.4, -0.2) is 28.8 Å². The number of nitrogens with one attached hydrogen (secondary N) is 2. The molecule has 2 aromatic rings. The fourth-order valence-electron chi connectivity index (χ4n) is 2.25. The molecule has 1 aromatic carbocycles. The summed E-state index contributed by atoms with van der Waals surface area (Å²) in [7, 11) is 0. The molecule has 2 rings (SSSR count). The van der Waals surface area contributed by atoms with Crippen LogP contribution in [0.3, 0.4) is 0 Å². The molecule has 0 aliphatic rings. The second kappa shape index (κ2) is 7.26. The molecule has 1 atom stereocenters. The van der Waals surface area contributed by atoms with Gasteiger partial charge < -0.3 is 20.2 Å². The number of amides is 2. The number of aryl methyl sites for hydroxylation is 1. The molecule has 3 N–H and O–H groups in total. The summed E-state index contributed by atoms with van der Waals surface area (Å²) < 4.78 is 5.54. The van der Waals surface area contributed by atoms with Crippen LogP contribution in [0.15, 0.2) is 22.6 Å². The number of aliphatic hydroxyl groups excluding tert-OH is 1. The highest BCUT2D eigenvalue weighted by atomic mass is 16.3. The zero-order valence-electron chi connectivity index (χ0n) is 13.2. The lowest BCUT2D eigenvalue weighted by Crippen LogP contribution is -2.41. The van der Waals surface area contributed by atoms with Crippen LogP contribution in [0.2, 0.25) is 0 Å². The summed E-state index contributed by atoms with van der Waals surface area (Å²) in [4.78, 5) is 16.4. The van der Waals surface area contributed by atoms with Crippen molar-refractivity contribution in [2.24, 2.45) is 5.92 Å². The average molecular weight is 305 g/mol. The van der Waals surface area contributed by atoms with Crippen molar-refractivity contribution in [1.82, 2.24) is 10.3 Å². The van der Waals surface area contributed by atoms with Crippen molar-refractivity contribution in [2.75, 3.05) is 11.9 Å². The van der Waals surface area contributed by atoms with Crippen LogP contribution in [-0.2, 0) is 6.42 Å². The minimum atomic E-state index is -0.286. The summed E-state index contributed by atoms with van der Waals surface area (Å²) in [5.74, 6) is 0.933. The van der Waals surface area contributed by atoms with Gasteiger partial charge in [0.1, 0.15) is 5.52 Å². The molecular formula is C16H23N3O3. The summed E-state index contributed by atoms with van der Waals surface area (Å²) in [5.41, 5.74) is 2.10. The molecule has 0 aliphatic heterocycles. The van der Waals surface area contributed by atoms with Crippen LogP contribution in [0, 0.1) is 5.92 Å². The molecule has 0 bridgehead atoms. The minimum absolute atomic E-state index is 0.0494. The Labute approximate surface area is 129 Å². The van der Waals surface area contributed by atoms with Gasteiger partial charge in [-0.05, 0) is 30.5 Å². The molecule has 0 fully saturated rings. The highest BCUT2D eigenvalue weighted by molar-refractivity contribution is 5.91. The lowest BCUT2D eigenvalue weighted by atomic mass is 10.0. The molecular weight excluding hydrogens is 282 g/mol. The van der Waals surface area contributed by atoms with E-state index in [1.54, 1.807) is 18.2 Å². The molecule has 120 valence electrons. The molecule has 1 heterocycles. The van der Waals surface area contributed by atoms with Gasteiger partial charge in [-0.15, -0.1) is 0 Å². The van der Waals surface area contributed by atoms with Crippen molar-refractivity contribution in [3.8, 4) is 0 Å². The Morgan fingerprint density at radius 1 is 1.41 bits per heavy atom.